The molecule has 0 heterocycles. The topological polar surface area (TPSA) is 89.3 Å². The predicted molar refractivity (Wildman–Crippen MR) is 55.7 cm³/mol. The summed E-state index contributed by atoms with van der Waals surface area (Å²) < 4.78 is 23.7. The van der Waals surface area contributed by atoms with Crippen molar-refractivity contribution in [3.8, 4) is 0 Å². The first-order valence-electron chi connectivity index (χ1n) is 4.25. The monoisotopic (exact) mass is 228 g/mol. The predicted octanol–water partition coefficient (Wildman–Crippen LogP) is -0.509. The zero-order valence-electron chi connectivity index (χ0n) is 8.17. The summed E-state index contributed by atoms with van der Waals surface area (Å²) in [6.45, 7) is 0. The zero-order chi connectivity index (χ0) is 11.5. The highest BCUT2D eigenvalue weighted by molar-refractivity contribution is 7.92. The quantitative estimate of drug-likeness (QED) is 0.726. The molecule has 0 radical (unpaired) electrons. The molecule has 82 valence electrons. The first-order chi connectivity index (χ1) is 7.00. The van der Waals surface area contributed by atoms with Gasteiger partial charge >= 0.3 is 0 Å². The maximum atomic E-state index is 11.8. The van der Waals surface area contributed by atoms with Crippen LogP contribution in [0.3, 0.4) is 0 Å². The van der Waals surface area contributed by atoms with Gasteiger partial charge in [0, 0.05) is 0 Å². The highest BCUT2D eigenvalue weighted by atomic mass is 32.2. The molecule has 5 nitrogen and oxygen atoms in total. The second-order valence-electron chi connectivity index (χ2n) is 2.93. The van der Waals surface area contributed by atoms with Gasteiger partial charge in [-0.05, 0) is 19.2 Å². The molecule has 0 aliphatic rings. The second-order valence-corrected chi connectivity index (χ2v) is 4.96. The third-order valence-electron chi connectivity index (χ3n) is 1.90. The molecule has 1 rings (SSSR count). The van der Waals surface area contributed by atoms with Crippen LogP contribution in [0.2, 0.25) is 0 Å². The van der Waals surface area contributed by atoms with E-state index < -0.39 is 21.1 Å². The van der Waals surface area contributed by atoms with E-state index in [4.69, 9.17) is 5.73 Å². The Hall–Kier alpha value is -1.40. The van der Waals surface area contributed by atoms with E-state index in [1.165, 1.54) is 19.2 Å². The molecule has 1 amide bonds. The molecule has 1 aromatic rings. The maximum absolute atomic E-state index is 11.8. The summed E-state index contributed by atoms with van der Waals surface area (Å²) in [5.74, 6) is -0.915. The molecular weight excluding hydrogens is 216 g/mol. The number of hydrogen-bond acceptors (Lipinski definition) is 4. The molecule has 6 heteroatoms. The largest absolute Gasteiger partial charge is 0.367 e. The molecule has 3 N–H and O–H groups in total. The summed E-state index contributed by atoms with van der Waals surface area (Å²) in [5, 5.41) is 0.989. The number of sulfone groups is 1. The number of nitrogens with two attached hydrogens (primary N) is 1. The van der Waals surface area contributed by atoms with E-state index >= 15 is 0 Å². The van der Waals surface area contributed by atoms with Crippen molar-refractivity contribution in [1.82, 2.24) is 5.32 Å². The van der Waals surface area contributed by atoms with Crippen LogP contribution in [0.25, 0.3) is 0 Å². The van der Waals surface area contributed by atoms with Crippen molar-refractivity contribution >= 4 is 15.7 Å². The highest BCUT2D eigenvalue weighted by Crippen LogP contribution is 2.13. The van der Waals surface area contributed by atoms with Crippen molar-refractivity contribution in [2.75, 3.05) is 7.05 Å². The minimum absolute atomic E-state index is 0.0724. The van der Waals surface area contributed by atoms with Gasteiger partial charge in [-0.1, -0.05) is 18.2 Å². The number of hydrogen-bond donors (Lipinski definition) is 2. The molecular formula is C9H12N2O3S. The van der Waals surface area contributed by atoms with Gasteiger partial charge in [0.1, 0.15) is 0 Å². The molecule has 0 saturated heterocycles. The Balaban J connectivity index is 3.19. The zero-order valence-corrected chi connectivity index (χ0v) is 8.99. The van der Waals surface area contributed by atoms with Crippen molar-refractivity contribution < 1.29 is 13.2 Å². The van der Waals surface area contributed by atoms with Crippen LogP contribution in [0.15, 0.2) is 35.2 Å². The fourth-order valence-corrected chi connectivity index (χ4v) is 2.62. The van der Waals surface area contributed by atoms with Gasteiger partial charge in [-0.2, -0.15) is 0 Å². The first kappa shape index (κ1) is 11.7. The number of likely N-dealkylation sites (N-methyl/N-ethyl adjacent to an activating group) is 1. The minimum Gasteiger partial charge on any atom is -0.367 e. The first-order valence-corrected chi connectivity index (χ1v) is 5.80. The molecule has 1 aromatic carbocycles. The molecule has 15 heavy (non-hydrogen) atoms. The lowest BCUT2D eigenvalue weighted by Gasteiger charge is -2.12. The summed E-state index contributed by atoms with van der Waals surface area (Å²) in [6.07, 6.45) is 0. The van der Waals surface area contributed by atoms with Gasteiger partial charge in [0.2, 0.25) is 9.84 Å². The Morgan fingerprint density at radius 3 is 2.27 bits per heavy atom. The highest BCUT2D eigenvalue weighted by Gasteiger charge is 2.30. The van der Waals surface area contributed by atoms with Crippen LogP contribution in [0.4, 0.5) is 0 Å². The Labute approximate surface area is 88.2 Å². The lowest BCUT2D eigenvalue weighted by atomic mass is 10.4. The number of amides is 1. The van der Waals surface area contributed by atoms with E-state index in [2.05, 4.69) is 5.32 Å². The molecule has 1 atom stereocenters. The van der Waals surface area contributed by atoms with Crippen molar-refractivity contribution in [3.63, 3.8) is 0 Å². The number of carbonyl (C=O) groups is 1. The molecule has 0 aliphatic heterocycles. The average Bonchev–Trinajstić information content (AvgIpc) is 2.19. The lowest BCUT2D eigenvalue weighted by Crippen LogP contribution is -2.45. The van der Waals surface area contributed by atoms with Crippen molar-refractivity contribution in [1.29, 1.82) is 0 Å². The summed E-state index contributed by atoms with van der Waals surface area (Å²) in [4.78, 5) is 11.0. The smallest absolute Gasteiger partial charge is 0.250 e. The van der Waals surface area contributed by atoms with Gasteiger partial charge in [-0.25, -0.2) is 8.42 Å². The van der Waals surface area contributed by atoms with Crippen LogP contribution >= 0.6 is 0 Å². The molecule has 0 spiro atoms. The van der Waals surface area contributed by atoms with Crippen LogP contribution in [-0.2, 0) is 14.6 Å². The number of carbonyl (C=O) groups excluding carboxylic acids is 1. The Bertz CT molecular complexity index is 442. The van der Waals surface area contributed by atoms with Crippen LogP contribution in [0, 0.1) is 0 Å². The average molecular weight is 228 g/mol. The van der Waals surface area contributed by atoms with E-state index in [9.17, 15) is 13.2 Å². The van der Waals surface area contributed by atoms with Crippen LogP contribution in [0.5, 0.6) is 0 Å². The molecule has 1 unspecified atom stereocenters. The Morgan fingerprint density at radius 1 is 1.33 bits per heavy atom. The third-order valence-corrected chi connectivity index (χ3v) is 3.92. The second kappa shape index (κ2) is 4.41. The van der Waals surface area contributed by atoms with Gasteiger partial charge in [0.05, 0.1) is 4.90 Å². The normalized spacial score (nSPS) is 13.4. The molecule has 0 saturated carbocycles. The van der Waals surface area contributed by atoms with Crippen LogP contribution < -0.4 is 11.1 Å². The molecule has 0 fully saturated rings. The molecule has 0 aliphatic carbocycles. The fourth-order valence-electron chi connectivity index (χ4n) is 1.20. The van der Waals surface area contributed by atoms with E-state index in [1.54, 1.807) is 18.2 Å². The SMILES string of the molecule is CNC(C(N)=O)S(=O)(=O)c1ccccc1. The Kier molecular flexibility index (Phi) is 3.43. The number of benzene rings is 1. The lowest BCUT2D eigenvalue weighted by molar-refractivity contribution is -0.118. The molecule has 0 bridgehead atoms. The van der Waals surface area contributed by atoms with Gasteiger partial charge in [-0.15, -0.1) is 0 Å². The van der Waals surface area contributed by atoms with Crippen molar-refractivity contribution in [2.45, 2.75) is 10.3 Å². The van der Waals surface area contributed by atoms with Gasteiger partial charge in [0.15, 0.2) is 5.37 Å². The molecule has 0 aromatic heterocycles. The van der Waals surface area contributed by atoms with Crippen molar-refractivity contribution in [3.05, 3.63) is 30.3 Å². The van der Waals surface area contributed by atoms with Gasteiger partial charge in [-0.3, -0.25) is 10.1 Å². The fraction of sp³-hybridized carbons (Fsp3) is 0.222. The van der Waals surface area contributed by atoms with Gasteiger partial charge < -0.3 is 5.73 Å². The van der Waals surface area contributed by atoms with E-state index in [0.717, 1.165) is 0 Å². The summed E-state index contributed by atoms with van der Waals surface area (Å²) in [5.41, 5.74) is 4.99. The summed E-state index contributed by atoms with van der Waals surface area (Å²) in [7, 11) is -2.37. The third kappa shape index (κ3) is 2.34. The van der Waals surface area contributed by atoms with E-state index in [1.807, 2.05) is 0 Å². The number of nitrogens with one attached hydrogen (secondary N) is 1. The van der Waals surface area contributed by atoms with Gasteiger partial charge in [0.25, 0.3) is 5.91 Å². The standard InChI is InChI=1S/C9H12N2O3S/c1-11-9(8(10)12)15(13,14)7-5-3-2-4-6-7/h2-6,9,11H,1H3,(H2,10,12). The van der Waals surface area contributed by atoms with E-state index in [0.29, 0.717) is 0 Å². The number of rotatable bonds is 4. The van der Waals surface area contributed by atoms with Crippen LogP contribution in [-0.4, -0.2) is 26.7 Å². The Morgan fingerprint density at radius 2 is 1.87 bits per heavy atom. The summed E-state index contributed by atoms with van der Waals surface area (Å²) >= 11 is 0. The summed E-state index contributed by atoms with van der Waals surface area (Å²) in [6, 6.07) is 7.70. The minimum atomic E-state index is -3.74. The number of primary amides is 1. The van der Waals surface area contributed by atoms with E-state index in [-0.39, 0.29) is 4.90 Å². The van der Waals surface area contributed by atoms with Crippen molar-refractivity contribution in [2.24, 2.45) is 5.73 Å². The maximum Gasteiger partial charge on any atom is 0.250 e. The van der Waals surface area contributed by atoms with Crippen LogP contribution in [0.1, 0.15) is 0 Å².